The second-order valence-corrected chi connectivity index (χ2v) is 6.11. The second-order valence-electron chi connectivity index (χ2n) is 5.17. The maximum atomic E-state index is 12.4. The van der Waals surface area contributed by atoms with Gasteiger partial charge in [0.05, 0.1) is 4.88 Å². The number of nitrogens with zero attached hydrogens (tertiary/aromatic N) is 1. The number of thiophene rings is 1. The van der Waals surface area contributed by atoms with Gasteiger partial charge in [0, 0.05) is 24.4 Å². The summed E-state index contributed by atoms with van der Waals surface area (Å²) in [7, 11) is 0. The van der Waals surface area contributed by atoms with Gasteiger partial charge in [-0.25, -0.2) is 0 Å². The van der Waals surface area contributed by atoms with Crippen molar-refractivity contribution in [3.05, 3.63) is 53.0 Å². The van der Waals surface area contributed by atoms with Crippen LogP contribution in [0.5, 0.6) is 0 Å². The second kappa shape index (κ2) is 6.67. The molecular formula is C17H15N3O3S. The summed E-state index contributed by atoms with van der Waals surface area (Å²) in [6.07, 6.45) is 0. The van der Waals surface area contributed by atoms with E-state index in [-0.39, 0.29) is 17.5 Å². The Morgan fingerprint density at radius 1 is 1.12 bits per heavy atom. The minimum atomic E-state index is -0.371. The molecule has 0 unspecified atom stereocenters. The zero-order chi connectivity index (χ0) is 17.1. The first-order valence-electron chi connectivity index (χ1n) is 7.24. The van der Waals surface area contributed by atoms with Crippen molar-refractivity contribution >= 4 is 34.5 Å². The number of amides is 2. The lowest BCUT2D eigenvalue weighted by Crippen LogP contribution is -2.14. The zero-order valence-electron chi connectivity index (χ0n) is 13.1. The number of anilines is 2. The molecule has 0 bridgehead atoms. The summed E-state index contributed by atoms with van der Waals surface area (Å²) in [5.41, 5.74) is 2.22. The van der Waals surface area contributed by atoms with Crippen LogP contribution in [0.15, 0.2) is 46.3 Å². The molecule has 2 aromatic heterocycles. The van der Waals surface area contributed by atoms with E-state index < -0.39 is 0 Å². The highest BCUT2D eigenvalue weighted by Gasteiger charge is 2.16. The molecule has 0 saturated heterocycles. The molecule has 0 aliphatic heterocycles. The summed E-state index contributed by atoms with van der Waals surface area (Å²) in [4.78, 5) is 24.5. The van der Waals surface area contributed by atoms with Crippen LogP contribution in [0.4, 0.5) is 11.4 Å². The van der Waals surface area contributed by atoms with Gasteiger partial charge in [0.1, 0.15) is 0 Å². The average Bonchev–Trinajstić information content (AvgIpc) is 3.21. The molecule has 0 spiro atoms. The van der Waals surface area contributed by atoms with E-state index in [1.807, 2.05) is 24.4 Å². The van der Waals surface area contributed by atoms with Crippen molar-refractivity contribution in [3.63, 3.8) is 0 Å². The molecule has 2 heterocycles. The van der Waals surface area contributed by atoms with Crippen molar-refractivity contribution < 1.29 is 14.1 Å². The number of benzene rings is 1. The van der Waals surface area contributed by atoms with Crippen molar-refractivity contribution in [2.45, 2.75) is 13.8 Å². The molecule has 7 heteroatoms. The predicted molar refractivity (Wildman–Crippen MR) is 93.3 cm³/mol. The summed E-state index contributed by atoms with van der Waals surface area (Å²) in [5.74, 6) is 0.0159. The highest BCUT2D eigenvalue weighted by molar-refractivity contribution is 7.13. The van der Waals surface area contributed by atoms with Crippen LogP contribution < -0.4 is 10.6 Å². The van der Waals surface area contributed by atoms with Crippen LogP contribution in [0, 0.1) is 6.92 Å². The minimum absolute atomic E-state index is 0.168. The van der Waals surface area contributed by atoms with Gasteiger partial charge in [-0.05, 0) is 36.1 Å². The molecule has 2 amide bonds. The lowest BCUT2D eigenvalue weighted by Gasteiger charge is -2.11. The summed E-state index contributed by atoms with van der Waals surface area (Å²) < 4.78 is 5.22. The van der Waals surface area contributed by atoms with E-state index in [0.717, 1.165) is 10.4 Å². The first-order valence-corrected chi connectivity index (χ1v) is 8.11. The maximum Gasteiger partial charge on any atom is 0.277 e. The Balaban J connectivity index is 1.79. The molecule has 3 aromatic rings. The van der Waals surface area contributed by atoms with Gasteiger partial charge < -0.3 is 15.2 Å². The molecule has 0 aliphatic rings. The molecule has 2 N–H and O–H groups in total. The standard InChI is InChI=1S/C17H15N3O3S/c1-10-12(18-11(2)21)5-3-6-13(10)19-17(22)14-9-15(23-20-14)16-7-4-8-24-16/h3-9H,1-2H3,(H,18,21)(H,19,22). The van der Waals surface area contributed by atoms with Gasteiger partial charge in [-0.2, -0.15) is 0 Å². The van der Waals surface area contributed by atoms with Gasteiger partial charge in [0.2, 0.25) is 5.91 Å². The van der Waals surface area contributed by atoms with Crippen LogP contribution in [0.3, 0.4) is 0 Å². The Kier molecular flexibility index (Phi) is 4.43. The van der Waals surface area contributed by atoms with Crippen LogP contribution >= 0.6 is 11.3 Å². The van der Waals surface area contributed by atoms with E-state index in [2.05, 4.69) is 15.8 Å². The Labute approximate surface area is 142 Å². The molecule has 122 valence electrons. The van der Waals surface area contributed by atoms with E-state index in [0.29, 0.717) is 17.1 Å². The Morgan fingerprint density at radius 3 is 2.54 bits per heavy atom. The minimum Gasteiger partial charge on any atom is -0.355 e. The molecule has 3 rings (SSSR count). The zero-order valence-corrected chi connectivity index (χ0v) is 13.9. The van der Waals surface area contributed by atoms with E-state index in [4.69, 9.17) is 4.52 Å². The van der Waals surface area contributed by atoms with E-state index >= 15 is 0 Å². The number of carbonyl (C=O) groups is 2. The van der Waals surface area contributed by atoms with Crippen LogP contribution in [-0.2, 0) is 4.79 Å². The fourth-order valence-corrected chi connectivity index (χ4v) is 2.87. The monoisotopic (exact) mass is 341 g/mol. The number of hydrogen-bond acceptors (Lipinski definition) is 5. The van der Waals surface area contributed by atoms with Crippen LogP contribution in [0.25, 0.3) is 10.6 Å². The van der Waals surface area contributed by atoms with Crippen LogP contribution in [0.2, 0.25) is 0 Å². The van der Waals surface area contributed by atoms with E-state index in [1.54, 1.807) is 24.3 Å². The molecule has 0 aliphatic carbocycles. The average molecular weight is 341 g/mol. The third-order valence-electron chi connectivity index (χ3n) is 3.40. The maximum absolute atomic E-state index is 12.4. The molecule has 6 nitrogen and oxygen atoms in total. The molecule has 0 saturated carbocycles. The van der Waals surface area contributed by atoms with Crippen LogP contribution in [-0.4, -0.2) is 17.0 Å². The van der Waals surface area contributed by atoms with Gasteiger partial charge in [-0.3, -0.25) is 9.59 Å². The first-order chi connectivity index (χ1) is 11.5. The summed E-state index contributed by atoms with van der Waals surface area (Å²) in [6.45, 7) is 3.26. The van der Waals surface area contributed by atoms with Gasteiger partial charge >= 0.3 is 0 Å². The third kappa shape index (κ3) is 3.36. The lowest BCUT2D eigenvalue weighted by atomic mass is 10.1. The number of carbonyl (C=O) groups excluding carboxylic acids is 2. The summed E-state index contributed by atoms with van der Waals surface area (Å²) in [5, 5.41) is 11.3. The van der Waals surface area contributed by atoms with Crippen molar-refractivity contribution in [1.82, 2.24) is 5.16 Å². The smallest absolute Gasteiger partial charge is 0.277 e. The molecule has 24 heavy (non-hydrogen) atoms. The molecule has 1 aromatic carbocycles. The topological polar surface area (TPSA) is 84.2 Å². The van der Waals surface area contributed by atoms with Crippen molar-refractivity contribution in [2.24, 2.45) is 0 Å². The number of aromatic nitrogens is 1. The fraction of sp³-hybridized carbons (Fsp3) is 0.118. The Bertz CT molecular complexity index is 884. The number of hydrogen-bond donors (Lipinski definition) is 2. The molecular weight excluding hydrogens is 326 g/mol. The predicted octanol–water partition coefficient (Wildman–Crippen LogP) is 3.92. The molecule has 0 fully saturated rings. The lowest BCUT2D eigenvalue weighted by molar-refractivity contribution is -0.114. The van der Waals surface area contributed by atoms with Gasteiger partial charge in [0.15, 0.2) is 11.5 Å². The van der Waals surface area contributed by atoms with Gasteiger partial charge in [-0.15, -0.1) is 11.3 Å². The number of nitrogens with one attached hydrogen (secondary N) is 2. The van der Waals surface area contributed by atoms with Crippen molar-refractivity contribution in [1.29, 1.82) is 0 Å². The number of rotatable bonds is 4. The molecule has 0 atom stereocenters. The van der Waals surface area contributed by atoms with Crippen molar-refractivity contribution in [3.8, 4) is 10.6 Å². The first kappa shape index (κ1) is 15.9. The van der Waals surface area contributed by atoms with Crippen molar-refractivity contribution in [2.75, 3.05) is 10.6 Å². The normalized spacial score (nSPS) is 10.4. The molecule has 0 radical (unpaired) electrons. The van der Waals surface area contributed by atoms with Crippen LogP contribution in [0.1, 0.15) is 23.0 Å². The van der Waals surface area contributed by atoms with Gasteiger partial charge in [-0.1, -0.05) is 17.3 Å². The fourth-order valence-electron chi connectivity index (χ4n) is 2.20. The Hall–Kier alpha value is -2.93. The van der Waals surface area contributed by atoms with E-state index in [9.17, 15) is 9.59 Å². The highest BCUT2D eigenvalue weighted by Crippen LogP contribution is 2.26. The van der Waals surface area contributed by atoms with Gasteiger partial charge in [0.25, 0.3) is 5.91 Å². The summed E-state index contributed by atoms with van der Waals surface area (Å²) >= 11 is 1.51. The van der Waals surface area contributed by atoms with E-state index in [1.165, 1.54) is 18.3 Å². The quantitative estimate of drug-likeness (QED) is 0.753. The SMILES string of the molecule is CC(=O)Nc1cccc(NC(=O)c2cc(-c3cccs3)on2)c1C. The highest BCUT2D eigenvalue weighted by atomic mass is 32.1. The third-order valence-corrected chi connectivity index (χ3v) is 4.28. The largest absolute Gasteiger partial charge is 0.355 e. The summed E-state index contributed by atoms with van der Waals surface area (Å²) in [6, 6.07) is 10.7. The Morgan fingerprint density at radius 2 is 1.88 bits per heavy atom.